The zero-order valence-electron chi connectivity index (χ0n) is 14.8. The van der Waals surface area contributed by atoms with Crippen molar-refractivity contribution in [3.05, 3.63) is 93.7 Å². The SMILES string of the molecule is O=C(NCc1cccc(-c2nc(-c3ccccc3)cs2)c1)c1ccc(=O)[nH]n1. The molecule has 0 unspecified atom stereocenters. The second-order valence-electron chi connectivity index (χ2n) is 6.09. The number of benzene rings is 2. The first kappa shape index (κ1) is 17.8. The molecule has 2 aromatic carbocycles. The molecule has 0 atom stereocenters. The van der Waals surface area contributed by atoms with Gasteiger partial charge in [0, 0.05) is 29.1 Å². The Morgan fingerprint density at radius 3 is 2.61 bits per heavy atom. The predicted octanol–water partition coefficient (Wildman–Crippen LogP) is 3.49. The monoisotopic (exact) mass is 388 g/mol. The molecular formula is C21H16N4O2S. The molecule has 0 saturated carbocycles. The number of nitrogens with one attached hydrogen (secondary N) is 2. The highest BCUT2D eigenvalue weighted by Crippen LogP contribution is 2.29. The van der Waals surface area contributed by atoms with Crippen LogP contribution in [0.3, 0.4) is 0 Å². The van der Waals surface area contributed by atoms with Crippen molar-refractivity contribution in [2.75, 3.05) is 0 Å². The number of thiazole rings is 1. The first-order chi connectivity index (χ1) is 13.7. The van der Waals surface area contributed by atoms with E-state index in [1.165, 1.54) is 12.1 Å². The first-order valence-corrected chi connectivity index (χ1v) is 9.51. The number of hydrogen-bond donors (Lipinski definition) is 2. The summed E-state index contributed by atoms with van der Waals surface area (Å²) in [7, 11) is 0. The summed E-state index contributed by atoms with van der Waals surface area (Å²) in [5.74, 6) is -0.345. The standard InChI is InChI=1S/C21H16N4O2S/c26-19-10-9-17(24-25-19)20(27)22-12-14-5-4-8-16(11-14)21-23-18(13-28-21)15-6-2-1-3-7-15/h1-11,13H,12H2,(H,22,27)(H,25,26). The number of hydrogen-bond acceptors (Lipinski definition) is 5. The molecule has 2 N–H and O–H groups in total. The summed E-state index contributed by atoms with van der Waals surface area (Å²) in [4.78, 5) is 27.9. The van der Waals surface area contributed by atoms with Crippen molar-refractivity contribution in [3.8, 4) is 21.8 Å². The minimum Gasteiger partial charge on any atom is -0.347 e. The van der Waals surface area contributed by atoms with E-state index in [0.717, 1.165) is 27.4 Å². The van der Waals surface area contributed by atoms with Crippen LogP contribution in [0.15, 0.2) is 76.9 Å². The van der Waals surface area contributed by atoms with Gasteiger partial charge in [-0.15, -0.1) is 11.3 Å². The van der Waals surface area contributed by atoms with E-state index in [2.05, 4.69) is 15.5 Å². The Kier molecular flexibility index (Phi) is 5.07. The van der Waals surface area contributed by atoms with Crippen LogP contribution in [-0.2, 0) is 6.54 Å². The molecule has 0 saturated heterocycles. The summed E-state index contributed by atoms with van der Waals surface area (Å²) in [5.41, 5.74) is 3.81. The molecular weight excluding hydrogens is 372 g/mol. The van der Waals surface area contributed by atoms with E-state index >= 15 is 0 Å². The number of amides is 1. The lowest BCUT2D eigenvalue weighted by Gasteiger charge is -2.06. The lowest BCUT2D eigenvalue weighted by Crippen LogP contribution is -2.25. The second kappa shape index (κ2) is 7.98. The van der Waals surface area contributed by atoms with Crippen molar-refractivity contribution in [2.24, 2.45) is 0 Å². The van der Waals surface area contributed by atoms with Gasteiger partial charge in [0.2, 0.25) is 0 Å². The number of aromatic nitrogens is 3. The van der Waals surface area contributed by atoms with Crippen LogP contribution in [0.2, 0.25) is 0 Å². The van der Waals surface area contributed by atoms with Crippen LogP contribution in [0, 0.1) is 0 Å². The fourth-order valence-electron chi connectivity index (χ4n) is 2.71. The third kappa shape index (κ3) is 4.05. The molecule has 0 bridgehead atoms. The molecule has 0 spiro atoms. The minimum absolute atomic E-state index is 0.170. The predicted molar refractivity (Wildman–Crippen MR) is 109 cm³/mol. The van der Waals surface area contributed by atoms with E-state index in [-0.39, 0.29) is 17.2 Å². The van der Waals surface area contributed by atoms with Crippen molar-refractivity contribution in [1.29, 1.82) is 0 Å². The van der Waals surface area contributed by atoms with Gasteiger partial charge in [-0.3, -0.25) is 9.59 Å². The molecule has 1 amide bonds. The summed E-state index contributed by atoms with van der Waals surface area (Å²) >= 11 is 1.59. The Morgan fingerprint density at radius 1 is 1.00 bits per heavy atom. The Balaban J connectivity index is 1.47. The van der Waals surface area contributed by atoms with Gasteiger partial charge >= 0.3 is 0 Å². The molecule has 7 heteroatoms. The summed E-state index contributed by atoms with van der Waals surface area (Å²) in [6.45, 7) is 0.352. The van der Waals surface area contributed by atoms with Gasteiger partial charge in [0.25, 0.3) is 11.5 Å². The number of carbonyl (C=O) groups is 1. The van der Waals surface area contributed by atoms with E-state index < -0.39 is 0 Å². The third-order valence-corrected chi connectivity index (χ3v) is 5.00. The quantitative estimate of drug-likeness (QED) is 0.548. The Bertz CT molecular complexity index is 1150. The summed E-state index contributed by atoms with van der Waals surface area (Å²) in [6.07, 6.45) is 0. The number of rotatable bonds is 5. The molecule has 138 valence electrons. The molecule has 0 radical (unpaired) electrons. The topological polar surface area (TPSA) is 87.7 Å². The smallest absolute Gasteiger partial charge is 0.271 e. The van der Waals surface area contributed by atoms with E-state index in [1.54, 1.807) is 11.3 Å². The van der Waals surface area contributed by atoms with Crippen LogP contribution >= 0.6 is 11.3 Å². The molecule has 28 heavy (non-hydrogen) atoms. The minimum atomic E-state index is -0.345. The first-order valence-electron chi connectivity index (χ1n) is 8.63. The van der Waals surface area contributed by atoms with Crippen molar-refractivity contribution < 1.29 is 4.79 Å². The highest BCUT2D eigenvalue weighted by molar-refractivity contribution is 7.13. The highest BCUT2D eigenvalue weighted by Gasteiger charge is 2.09. The fourth-order valence-corrected chi connectivity index (χ4v) is 3.53. The third-order valence-electron chi connectivity index (χ3n) is 4.11. The largest absolute Gasteiger partial charge is 0.347 e. The lowest BCUT2D eigenvalue weighted by atomic mass is 10.1. The zero-order valence-corrected chi connectivity index (χ0v) is 15.6. The normalized spacial score (nSPS) is 10.6. The van der Waals surface area contributed by atoms with Crippen molar-refractivity contribution in [1.82, 2.24) is 20.5 Å². The van der Waals surface area contributed by atoms with Gasteiger partial charge in [-0.2, -0.15) is 5.10 Å². The van der Waals surface area contributed by atoms with Gasteiger partial charge in [-0.1, -0.05) is 48.5 Å². The molecule has 4 aromatic rings. The van der Waals surface area contributed by atoms with Crippen LogP contribution in [-0.4, -0.2) is 21.1 Å². The molecule has 2 heterocycles. The highest BCUT2D eigenvalue weighted by atomic mass is 32.1. The molecule has 6 nitrogen and oxygen atoms in total. The van der Waals surface area contributed by atoms with Crippen LogP contribution in [0.1, 0.15) is 16.1 Å². The average molecular weight is 388 g/mol. The molecule has 0 aliphatic carbocycles. The lowest BCUT2D eigenvalue weighted by molar-refractivity contribution is 0.0945. The number of H-pyrrole nitrogens is 1. The molecule has 2 aromatic heterocycles. The van der Waals surface area contributed by atoms with Gasteiger partial charge in [-0.25, -0.2) is 10.1 Å². The molecule has 0 aliphatic heterocycles. The van der Waals surface area contributed by atoms with Crippen molar-refractivity contribution in [3.63, 3.8) is 0 Å². The maximum absolute atomic E-state index is 12.1. The maximum atomic E-state index is 12.1. The fraction of sp³-hybridized carbons (Fsp3) is 0.0476. The zero-order chi connectivity index (χ0) is 19.3. The van der Waals surface area contributed by atoms with E-state index in [4.69, 9.17) is 4.98 Å². The molecule has 0 aliphatic rings. The van der Waals surface area contributed by atoms with Gasteiger partial charge in [0.05, 0.1) is 5.69 Å². The van der Waals surface area contributed by atoms with Crippen molar-refractivity contribution in [2.45, 2.75) is 6.54 Å². The summed E-state index contributed by atoms with van der Waals surface area (Å²) in [5, 5.41) is 11.8. The van der Waals surface area contributed by atoms with E-state index in [1.807, 2.05) is 60.0 Å². The van der Waals surface area contributed by atoms with Crippen LogP contribution in [0.4, 0.5) is 0 Å². The average Bonchev–Trinajstić information content (AvgIpc) is 3.24. The molecule has 0 fully saturated rings. The number of nitrogens with zero attached hydrogens (tertiary/aromatic N) is 2. The number of carbonyl (C=O) groups excluding carboxylic acids is 1. The molecule has 4 rings (SSSR count). The van der Waals surface area contributed by atoms with E-state index in [0.29, 0.717) is 6.54 Å². The number of aromatic amines is 1. The second-order valence-corrected chi connectivity index (χ2v) is 6.95. The van der Waals surface area contributed by atoms with Crippen LogP contribution in [0.25, 0.3) is 21.8 Å². The Hall–Kier alpha value is -3.58. The van der Waals surface area contributed by atoms with Gasteiger partial charge < -0.3 is 5.32 Å². The maximum Gasteiger partial charge on any atom is 0.271 e. The Labute approximate surface area is 164 Å². The van der Waals surface area contributed by atoms with Gasteiger partial charge in [0.1, 0.15) is 10.7 Å². The van der Waals surface area contributed by atoms with Crippen LogP contribution < -0.4 is 10.9 Å². The Morgan fingerprint density at radius 2 is 1.82 bits per heavy atom. The van der Waals surface area contributed by atoms with Gasteiger partial charge in [-0.05, 0) is 17.7 Å². The van der Waals surface area contributed by atoms with Gasteiger partial charge in [0.15, 0.2) is 0 Å². The summed E-state index contributed by atoms with van der Waals surface area (Å²) < 4.78 is 0. The van der Waals surface area contributed by atoms with E-state index in [9.17, 15) is 9.59 Å². The van der Waals surface area contributed by atoms with Crippen LogP contribution in [0.5, 0.6) is 0 Å². The van der Waals surface area contributed by atoms with Crippen molar-refractivity contribution >= 4 is 17.2 Å². The summed E-state index contributed by atoms with van der Waals surface area (Å²) in [6, 6.07) is 20.6.